The normalized spacial score (nSPS) is 11.7. The maximum Gasteiger partial charge on any atom is 0.322 e. The number of benzene rings is 1. The van der Waals surface area contributed by atoms with Crippen molar-refractivity contribution in [3.05, 3.63) is 44.6 Å². The smallest absolute Gasteiger partial charge is 0.322 e. The third-order valence-corrected chi connectivity index (χ3v) is 7.22. The molecule has 0 aliphatic carbocycles. The van der Waals surface area contributed by atoms with E-state index in [-0.39, 0.29) is 26.7 Å². The summed E-state index contributed by atoms with van der Waals surface area (Å²) in [5, 5.41) is 9.47. The summed E-state index contributed by atoms with van der Waals surface area (Å²) in [4.78, 5) is 12.4. The quantitative estimate of drug-likeness (QED) is 0.618. The van der Waals surface area contributed by atoms with Gasteiger partial charge in [0.05, 0.1) is 20.0 Å². The number of hydrogen-bond donors (Lipinski definition) is 1. The van der Waals surface area contributed by atoms with Crippen molar-refractivity contribution in [2.45, 2.75) is 24.0 Å². The molecule has 1 amide bonds. The zero-order valence-electron chi connectivity index (χ0n) is 14.1. The number of nitrogens with one attached hydrogen (secondary N) is 1. The van der Waals surface area contributed by atoms with Gasteiger partial charge in [0.25, 0.3) is 5.91 Å². The fraction of sp³-hybridized carbons (Fsp3) is 0.188. The summed E-state index contributed by atoms with van der Waals surface area (Å²) < 4.78 is 30.7. The largest absolute Gasteiger partial charge is 0.403 e. The van der Waals surface area contributed by atoms with Gasteiger partial charge in [0.1, 0.15) is 4.34 Å². The Balaban J connectivity index is 1.84. The molecule has 0 saturated carbocycles. The number of carbonyl (C=O) groups is 1. The first-order chi connectivity index (χ1) is 12.7. The van der Waals surface area contributed by atoms with Gasteiger partial charge in [-0.25, -0.2) is 8.42 Å². The van der Waals surface area contributed by atoms with Gasteiger partial charge in [-0.1, -0.05) is 34.4 Å². The summed E-state index contributed by atoms with van der Waals surface area (Å²) in [7, 11) is -3.44. The lowest BCUT2D eigenvalue weighted by molar-refractivity contribution is 0.102. The Hall–Kier alpha value is -1.94. The van der Waals surface area contributed by atoms with Crippen LogP contribution in [0, 0.1) is 0 Å². The van der Waals surface area contributed by atoms with E-state index in [9.17, 15) is 13.2 Å². The minimum atomic E-state index is -3.44. The highest BCUT2D eigenvalue weighted by Gasteiger charge is 2.21. The van der Waals surface area contributed by atoms with Crippen molar-refractivity contribution in [1.29, 1.82) is 0 Å². The molecule has 3 aromatic rings. The lowest BCUT2D eigenvalue weighted by Gasteiger charge is -2.08. The van der Waals surface area contributed by atoms with Gasteiger partial charge in [0.15, 0.2) is 9.84 Å². The highest BCUT2D eigenvalue weighted by Crippen LogP contribution is 2.32. The topological polar surface area (TPSA) is 102 Å². The number of hydrogen-bond acceptors (Lipinski definition) is 7. The number of rotatable bonds is 5. The predicted octanol–water partition coefficient (Wildman–Crippen LogP) is 4.54. The van der Waals surface area contributed by atoms with E-state index in [1.54, 1.807) is 26.0 Å². The van der Waals surface area contributed by atoms with Crippen LogP contribution in [0.2, 0.25) is 8.67 Å². The van der Waals surface area contributed by atoms with E-state index < -0.39 is 21.0 Å². The molecule has 3 rings (SSSR count). The van der Waals surface area contributed by atoms with Gasteiger partial charge >= 0.3 is 6.01 Å². The Morgan fingerprint density at radius 3 is 2.59 bits per heavy atom. The summed E-state index contributed by atoms with van der Waals surface area (Å²) in [6.07, 6.45) is 0. The molecule has 1 N–H and O–H groups in total. The van der Waals surface area contributed by atoms with Gasteiger partial charge in [-0.15, -0.1) is 16.4 Å². The second-order valence-corrected chi connectivity index (χ2v) is 10.5. The summed E-state index contributed by atoms with van der Waals surface area (Å²) in [5.74, 6) is -0.477. The van der Waals surface area contributed by atoms with Gasteiger partial charge in [-0.05, 0) is 38.1 Å². The van der Waals surface area contributed by atoms with E-state index in [0.717, 1.165) is 11.3 Å². The summed E-state index contributed by atoms with van der Waals surface area (Å²) in [5.41, 5.74) is 0.609. The molecule has 0 spiro atoms. The average molecular weight is 446 g/mol. The number of halogens is 2. The van der Waals surface area contributed by atoms with Gasteiger partial charge in [-0.3, -0.25) is 10.1 Å². The molecule has 0 radical (unpaired) electrons. The molecule has 1 aromatic carbocycles. The summed E-state index contributed by atoms with van der Waals surface area (Å²) >= 11 is 12.8. The number of anilines is 1. The molecule has 0 atom stereocenters. The first kappa shape index (κ1) is 19.8. The lowest BCUT2D eigenvalue weighted by atomic mass is 10.2. The summed E-state index contributed by atoms with van der Waals surface area (Å²) in [6, 6.07) is 7.45. The van der Waals surface area contributed by atoms with Gasteiger partial charge in [0.2, 0.25) is 5.89 Å². The van der Waals surface area contributed by atoms with Crippen molar-refractivity contribution >= 4 is 56.3 Å². The SMILES string of the molecule is CC(C)S(=O)(=O)c1cccc(-c2nnc(NC(=O)c3cc(Cl)sc3Cl)o2)c1. The van der Waals surface area contributed by atoms with E-state index >= 15 is 0 Å². The van der Waals surface area contributed by atoms with Crippen molar-refractivity contribution in [3.8, 4) is 11.5 Å². The number of nitrogens with zero attached hydrogens (tertiary/aromatic N) is 2. The molecule has 0 aliphatic rings. The third-order valence-electron chi connectivity index (χ3n) is 3.58. The second-order valence-electron chi connectivity index (χ2n) is 5.73. The van der Waals surface area contributed by atoms with Crippen molar-refractivity contribution in [2.24, 2.45) is 0 Å². The molecule has 0 fully saturated rings. The van der Waals surface area contributed by atoms with Crippen LogP contribution in [0.1, 0.15) is 24.2 Å². The van der Waals surface area contributed by atoms with Crippen LogP contribution in [0.15, 0.2) is 39.6 Å². The lowest BCUT2D eigenvalue weighted by Crippen LogP contribution is -2.13. The second kappa shape index (κ2) is 7.59. The first-order valence-electron chi connectivity index (χ1n) is 7.62. The van der Waals surface area contributed by atoms with Crippen molar-refractivity contribution in [3.63, 3.8) is 0 Å². The van der Waals surface area contributed by atoms with Crippen LogP contribution in [0.5, 0.6) is 0 Å². The molecule has 142 valence electrons. The molecular weight excluding hydrogens is 433 g/mol. The number of aromatic nitrogens is 2. The van der Waals surface area contributed by atoms with Crippen LogP contribution < -0.4 is 5.32 Å². The maximum atomic E-state index is 12.3. The Morgan fingerprint density at radius 2 is 1.96 bits per heavy atom. The van der Waals surface area contributed by atoms with Crippen molar-refractivity contribution in [2.75, 3.05) is 5.32 Å². The average Bonchev–Trinajstić information content (AvgIpc) is 3.21. The molecule has 2 heterocycles. The Kier molecular flexibility index (Phi) is 5.57. The Morgan fingerprint density at radius 1 is 1.22 bits per heavy atom. The van der Waals surface area contributed by atoms with E-state index in [1.165, 1.54) is 18.2 Å². The third kappa shape index (κ3) is 4.16. The van der Waals surface area contributed by atoms with E-state index in [0.29, 0.717) is 9.90 Å². The first-order valence-corrected chi connectivity index (χ1v) is 10.7. The zero-order valence-corrected chi connectivity index (χ0v) is 17.2. The van der Waals surface area contributed by atoms with E-state index in [4.69, 9.17) is 27.6 Å². The highest BCUT2D eigenvalue weighted by molar-refractivity contribution is 7.92. The Labute approximate surface area is 169 Å². The molecule has 0 aliphatic heterocycles. The van der Waals surface area contributed by atoms with Gasteiger partial charge < -0.3 is 4.42 Å². The van der Waals surface area contributed by atoms with Crippen LogP contribution in [0.25, 0.3) is 11.5 Å². The standard InChI is InChI=1S/C16H13Cl2N3O4S2/c1-8(2)27(23,24)10-5-3-4-9(6-10)15-20-21-16(25-15)19-14(22)11-7-12(17)26-13(11)18/h3-8H,1-2H3,(H,19,21,22). The fourth-order valence-corrected chi connectivity index (χ4v) is 4.69. The van der Waals surface area contributed by atoms with Crippen LogP contribution in [-0.4, -0.2) is 29.8 Å². The van der Waals surface area contributed by atoms with E-state index in [2.05, 4.69) is 15.5 Å². The number of amides is 1. The van der Waals surface area contributed by atoms with Crippen LogP contribution in [0.4, 0.5) is 6.01 Å². The van der Waals surface area contributed by atoms with Crippen molar-refractivity contribution < 1.29 is 17.6 Å². The van der Waals surface area contributed by atoms with Crippen LogP contribution in [-0.2, 0) is 9.84 Å². The van der Waals surface area contributed by atoms with Gasteiger partial charge in [0, 0.05) is 5.56 Å². The molecule has 2 aromatic heterocycles. The number of sulfone groups is 1. The number of thiophene rings is 1. The van der Waals surface area contributed by atoms with Crippen molar-refractivity contribution in [1.82, 2.24) is 10.2 Å². The molecule has 0 bridgehead atoms. The Bertz CT molecular complexity index is 1110. The van der Waals surface area contributed by atoms with Crippen LogP contribution in [0.3, 0.4) is 0 Å². The molecular formula is C16H13Cl2N3O4S2. The fourth-order valence-electron chi connectivity index (χ4n) is 2.13. The molecule has 0 unspecified atom stereocenters. The minimum Gasteiger partial charge on any atom is -0.403 e. The minimum absolute atomic E-state index is 0.0700. The predicted molar refractivity (Wildman–Crippen MR) is 104 cm³/mol. The zero-order chi connectivity index (χ0) is 19.8. The summed E-state index contributed by atoms with van der Waals surface area (Å²) in [6.45, 7) is 3.20. The molecule has 11 heteroatoms. The molecule has 27 heavy (non-hydrogen) atoms. The molecule has 7 nitrogen and oxygen atoms in total. The van der Waals surface area contributed by atoms with Crippen LogP contribution >= 0.6 is 34.5 Å². The molecule has 0 saturated heterocycles. The number of carbonyl (C=O) groups excluding carboxylic acids is 1. The van der Waals surface area contributed by atoms with Gasteiger partial charge in [-0.2, -0.15) is 0 Å². The van der Waals surface area contributed by atoms with E-state index in [1.807, 2.05) is 0 Å². The maximum absolute atomic E-state index is 12.3. The highest BCUT2D eigenvalue weighted by atomic mass is 35.5. The monoisotopic (exact) mass is 445 g/mol.